The Morgan fingerprint density at radius 3 is 2.40 bits per heavy atom. The molecule has 126 valence electrons. The van der Waals surface area contributed by atoms with E-state index in [4.69, 9.17) is 9.47 Å². The molecule has 0 spiro atoms. The summed E-state index contributed by atoms with van der Waals surface area (Å²) < 4.78 is 24.0. The number of para-hydroxylation sites is 2. The van der Waals surface area contributed by atoms with E-state index in [-0.39, 0.29) is 18.4 Å². The summed E-state index contributed by atoms with van der Waals surface area (Å²) in [6.07, 6.45) is 2.82. The fourth-order valence-corrected chi connectivity index (χ4v) is 1.93. The molecule has 0 radical (unpaired) electrons. The van der Waals surface area contributed by atoms with Crippen molar-refractivity contribution in [2.45, 2.75) is 0 Å². The van der Waals surface area contributed by atoms with Gasteiger partial charge in [0.25, 0.3) is 5.91 Å². The molecular formula is C18H14FN3O3. The van der Waals surface area contributed by atoms with Crippen LogP contribution in [-0.2, 0) is 4.79 Å². The number of hydrogen-bond acceptors (Lipinski definition) is 5. The van der Waals surface area contributed by atoms with Crippen molar-refractivity contribution in [1.82, 2.24) is 9.97 Å². The Morgan fingerprint density at radius 2 is 1.68 bits per heavy atom. The van der Waals surface area contributed by atoms with Crippen LogP contribution in [0.25, 0.3) is 0 Å². The number of anilines is 1. The molecule has 0 fully saturated rings. The number of amides is 1. The molecule has 0 bridgehead atoms. The maximum absolute atomic E-state index is 13.4. The summed E-state index contributed by atoms with van der Waals surface area (Å²) in [5.41, 5.74) is 0.377. The zero-order valence-electron chi connectivity index (χ0n) is 13.1. The SMILES string of the molecule is O=C(COc1ccccc1F)Nc1cnc(Oc2ccccc2)nc1. The van der Waals surface area contributed by atoms with Gasteiger partial charge in [0.2, 0.25) is 0 Å². The fourth-order valence-electron chi connectivity index (χ4n) is 1.93. The number of halogens is 1. The number of nitrogens with one attached hydrogen (secondary N) is 1. The van der Waals surface area contributed by atoms with Crippen LogP contribution in [0.1, 0.15) is 0 Å². The van der Waals surface area contributed by atoms with Gasteiger partial charge in [0, 0.05) is 0 Å². The van der Waals surface area contributed by atoms with Crippen molar-refractivity contribution in [3.8, 4) is 17.5 Å². The molecule has 0 aliphatic heterocycles. The topological polar surface area (TPSA) is 73.3 Å². The lowest BCUT2D eigenvalue weighted by molar-refractivity contribution is -0.118. The molecule has 25 heavy (non-hydrogen) atoms. The van der Waals surface area contributed by atoms with Crippen molar-refractivity contribution in [3.63, 3.8) is 0 Å². The summed E-state index contributed by atoms with van der Waals surface area (Å²) >= 11 is 0. The Labute approximate surface area is 143 Å². The predicted octanol–water partition coefficient (Wildman–Crippen LogP) is 3.43. The highest BCUT2D eigenvalue weighted by Crippen LogP contribution is 2.17. The van der Waals surface area contributed by atoms with Crippen LogP contribution in [0.4, 0.5) is 10.1 Å². The second-order valence-corrected chi connectivity index (χ2v) is 4.94. The van der Waals surface area contributed by atoms with Crippen LogP contribution < -0.4 is 14.8 Å². The fraction of sp³-hybridized carbons (Fsp3) is 0.0556. The first-order valence-corrected chi connectivity index (χ1v) is 7.43. The van der Waals surface area contributed by atoms with Crippen LogP contribution in [-0.4, -0.2) is 22.5 Å². The van der Waals surface area contributed by atoms with Crippen molar-refractivity contribution in [2.24, 2.45) is 0 Å². The lowest BCUT2D eigenvalue weighted by Gasteiger charge is -2.08. The summed E-state index contributed by atoms with van der Waals surface area (Å²) in [7, 11) is 0. The van der Waals surface area contributed by atoms with E-state index in [1.165, 1.54) is 24.5 Å². The zero-order chi connectivity index (χ0) is 17.5. The van der Waals surface area contributed by atoms with E-state index in [0.717, 1.165) is 0 Å². The third-order valence-corrected chi connectivity index (χ3v) is 3.06. The quantitative estimate of drug-likeness (QED) is 0.745. The molecule has 0 saturated carbocycles. The molecule has 0 aliphatic carbocycles. The average Bonchev–Trinajstić information content (AvgIpc) is 2.64. The van der Waals surface area contributed by atoms with Crippen molar-refractivity contribution in [3.05, 3.63) is 72.8 Å². The zero-order valence-corrected chi connectivity index (χ0v) is 13.1. The van der Waals surface area contributed by atoms with E-state index < -0.39 is 11.7 Å². The highest BCUT2D eigenvalue weighted by Gasteiger charge is 2.08. The van der Waals surface area contributed by atoms with Gasteiger partial charge < -0.3 is 14.8 Å². The van der Waals surface area contributed by atoms with E-state index in [2.05, 4.69) is 15.3 Å². The van der Waals surface area contributed by atoms with Crippen molar-refractivity contribution in [2.75, 3.05) is 11.9 Å². The van der Waals surface area contributed by atoms with E-state index in [1.54, 1.807) is 24.3 Å². The first kappa shape index (κ1) is 16.4. The van der Waals surface area contributed by atoms with Gasteiger partial charge in [0.1, 0.15) is 5.75 Å². The third-order valence-electron chi connectivity index (χ3n) is 3.06. The normalized spacial score (nSPS) is 10.1. The summed E-state index contributed by atoms with van der Waals surface area (Å²) in [5, 5.41) is 2.56. The van der Waals surface area contributed by atoms with Crippen molar-refractivity contribution >= 4 is 11.6 Å². The largest absolute Gasteiger partial charge is 0.481 e. The molecule has 3 rings (SSSR count). The van der Waals surface area contributed by atoms with Crippen molar-refractivity contribution in [1.29, 1.82) is 0 Å². The molecule has 1 heterocycles. The Kier molecular flexibility index (Phi) is 5.16. The molecule has 0 saturated heterocycles. The van der Waals surface area contributed by atoms with E-state index >= 15 is 0 Å². The number of nitrogens with zero attached hydrogens (tertiary/aromatic N) is 2. The third kappa shape index (κ3) is 4.74. The molecule has 0 unspecified atom stereocenters. The van der Waals surface area contributed by atoms with Gasteiger partial charge in [-0.25, -0.2) is 14.4 Å². The molecule has 1 aromatic heterocycles. The van der Waals surface area contributed by atoms with Gasteiger partial charge in [-0.1, -0.05) is 30.3 Å². The van der Waals surface area contributed by atoms with Crippen LogP contribution in [0.2, 0.25) is 0 Å². The predicted molar refractivity (Wildman–Crippen MR) is 89.1 cm³/mol. The van der Waals surface area contributed by atoms with E-state index in [1.807, 2.05) is 18.2 Å². The molecule has 6 nitrogen and oxygen atoms in total. The van der Waals surface area contributed by atoms with E-state index in [0.29, 0.717) is 11.4 Å². The number of hydrogen-bond donors (Lipinski definition) is 1. The molecule has 7 heteroatoms. The summed E-state index contributed by atoms with van der Waals surface area (Å²) in [4.78, 5) is 19.8. The van der Waals surface area contributed by atoms with Gasteiger partial charge in [-0.2, -0.15) is 0 Å². The van der Waals surface area contributed by atoms with Gasteiger partial charge in [-0.05, 0) is 24.3 Å². The Hall–Kier alpha value is -3.48. The minimum absolute atomic E-state index is 0.0144. The molecular weight excluding hydrogens is 325 g/mol. The molecule has 2 aromatic carbocycles. The monoisotopic (exact) mass is 339 g/mol. The minimum Gasteiger partial charge on any atom is -0.481 e. The Bertz CT molecular complexity index is 842. The first-order chi connectivity index (χ1) is 12.2. The van der Waals surface area contributed by atoms with Crippen LogP contribution in [0.5, 0.6) is 17.5 Å². The summed E-state index contributed by atoms with van der Waals surface area (Å²) in [6.45, 7) is -0.330. The number of carbonyl (C=O) groups excluding carboxylic acids is 1. The molecule has 1 amide bonds. The molecule has 0 aliphatic rings. The highest BCUT2D eigenvalue weighted by atomic mass is 19.1. The summed E-state index contributed by atoms with van der Waals surface area (Å²) in [6, 6.07) is 15.1. The molecule has 0 atom stereocenters. The Balaban J connectivity index is 1.52. The van der Waals surface area contributed by atoms with Gasteiger partial charge in [0.05, 0.1) is 18.1 Å². The minimum atomic E-state index is -0.527. The average molecular weight is 339 g/mol. The Morgan fingerprint density at radius 1 is 1.00 bits per heavy atom. The maximum Gasteiger partial charge on any atom is 0.322 e. The van der Waals surface area contributed by atoms with Crippen LogP contribution in [0.15, 0.2) is 67.0 Å². The maximum atomic E-state index is 13.4. The van der Waals surface area contributed by atoms with Gasteiger partial charge in [-0.15, -0.1) is 0 Å². The van der Waals surface area contributed by atoms with Crippen LogP contribution in [0.3, 0.4) is 0 Å². The standard InChI is InChI=1S/C18H14FN3O3/c19-15-8-4-5-9-16(15)24-12-17(23)22-13-10-20-18(21-11-13)25-14-6-2-1-3-7-14/h1-11H,12H2,(H,22,23). The molecule has 3 aromatic rings. The number of ether oxygens (including phenoxy) is 2. The number of benzene rings is 2. The van der Waals surface area contributed by atoms with Crippen LogP contribution in [0, 0.1) is 5.82 Å². The molecule has 1 N–H and O–H groups in total. The number of aromatic nitrogens is 2. The summed E-state index contributed by atoms with van der Waals surface area (Å²) in [5.74, 6) is -0.359. The smallest absolute Gasteiger partial charge is 0.322 e. The first-order valence-electron chi connectivity index (χ1n) is 7.43. The second kappa shape index (κ2) is 7.87. The van der Waals surface area contributed by atoms with Crippen molar-refractivity contribution < 1.29 is 18.7 Å². The lowest BCUT2D eigenvalue weighted by Crippen LogP contribution is -2.20. The van der Waals surface area contributed by atoms with Crippen LogP contribution >= 0.6 is 0 Å². The van der Waals surface area contributed by atoms with E-state index in [9.17, 15) is 9.18 Å². The number of carbonyl (C=O) groups is 1. The van der Waals surface area contributed by atoms with Gasteiger partial charge in [0.15, 0.2) is 18.2 Å². The highest BCUT2D eigenvalue weighted by molar-refractivity contribution is 5.91. The number of rotatable bonds is 6. The van der Waals surface area contributed by atoms with Gasteiger partial charge >= 0.3 is 6.01 Å². The van der Waals surface area contributed by atoms with Gasteiger partial charge in [-0.3, -0.25) is 4.79 Å². The second-order valence-electron chi connectivity index (χ2n) is 4.94. The lowest BCUT2D eigenvalue weighted by atomic mass is 10.3.